The molecule has 0 bridgehead atoms. The number of fused-ring (bicyclic) bond motifs is 1. The van der Waals surface area contributed by atoms with Crippen molar-refractivity contribution < 1.29 is 4.92 Å². The average Bonchev–Trinajstić information content (AvgIpc) is 2.82. The molecule has 2 aromatic carbocycles. The molecule has 1 heterocycles. The van der Waals surface area contributed by atoms with Crippen LogP contribution in [0.25, 0.3) is 11.0 Å². The summed E-state index contributed by atoms with van der Waals surface area (Å²) in [4.78, 5) is 18.9. The number of rotatable bonds is 3. The number of aromatic amines is 1. The van der Waals surface area contributed by atoms with Crippen molar-refractivity contribution in [2.24, 2.45) is 0 Å². The molecule has 5 nitrogen and oxygen atoms in total. The summed E-state index contributed by atoms with van der Waals surface area (Å²) in [6, 6.07) is 10.9. The van der Waals surface area contributed by atoms with Gasteiger partial charge in [-0.2, -0.15) is 0 Å². The van der Waals surface area contributed by atoms with E-state index in [1.165, 1.54) is 17.8 Å². The maximum absolute atomic E-state index is 11.1. The number of nitro groups is 1. The van der Waals surface area contributed by atoms with Crippen LogP contribution in [0, 0.1) is 17.0 Å². The first-order chi connectivity index (χ1) is 10.0. The number of nitro benzene ring substituents is 1. The minimum absolute atomic E-state index is 0.0611. The van der Waals surface area contributed by atoms with Gasteiger partial charge in [0, 0.05) is 10.5 Å². The first-order valence-corrected chi connectivity index (χ1v) is 7.72. The fraction of sp³-hybridized carbons (Fsp3) is 0.0714. The summed E-state index contributed by atoms with van der Waals surface area (Å²) >= 11 is 4.50. The van der Waals surface area contributed by atoms with Crippen molar-refractivity contribution in [3.8, 4) is 0 Å². The second-order valence-electron chi connectivity index (χ2n) is 4.53. The van der Waals surface area contributed by atoms with E-state index in [0.717, 1.165) is 16.6 Å². The van der Waals surface area contributed by atoms with E-state index in [4.69, 9.17) is 0 Å². The molecule has 0 aliphatic rings. The fourth-order valence-electron chi connectivity index (χ4n) is 1.97. The third-order valence-electron chi connectivity index (χ3n) is 2.94. The van der Waals surface area contributed by atoms with E-state index >= 15 is 0 Å². The molecule has 0 saturated carbocycles. The van der Waals surface area contributed by atoms with Crippen LogP contribution in [0.15, 0.2) is 50.9 Å². The lowest BCUT2D eigenvalue weighted by Crippen LogP contribution is -1.91. The van der Waals surface area contributed by atoms with Crippen molar-refractivity contribution in [2.45, 2.75) is 17.0 Å². The first kappa shape index (κ1) is 14.1. The number of nitrogens with zero attached hydrogens (tertiary/aromatic N) is 2. The largest absolute Gasteiger partial charge is 0.333 e. The average molecular weight is 364 g/mol. The highest BCUT2D eigenvalue weighted by Gasteiger charge is 2.16. The number of aryl methyl sites for hydroxylation is 1. The van der Waals surface area contributed by atoms with Crippen molar-refractivity contribution in [1.29, 1.82) is 0 Å². The molecule has 0 saturated heterocycles. The van der Waals surface area contributed by atoms with E-state index in [-0.39, 0.29) is 10.6 Å². The Morgan fingerprint density at radius 3 is 2.86 bits per heavy atom. The predicted octanol–water partition coefficient (Wildman–Crippen LogP) is 4.69. The van der Waals surface area contributed by atoms with E-state index in [1.807, 2.05) is 25.1 Å². The third-order valence-corrected chi connectivity index (χ3v) is 4.39. The molecular formula is C14H10BrN3O2S. The van der Waals surface area contributed by atoms with Crippen molar-refractivity contribution in [2.75, 3.05) is 0 Å². The number of nitrogens with one attached hydrogen (secondary N) is 1. The molecule has 21 heavy (non-hydrogen) atoms. The molecule has 0 fully saturated rings. The van der Waals surface area contributed by atoms with Gasteiger partial charge in [0.25, 0.3) is 5.69 Å². The Morgan fingerprint density at radius 2 is 2.10 bits per heavy atom. The first-order valence-electron chi connectivity index (χ1n) is 6.11. The Hall–Kier alpha value is -1.86. The van der Waals surface area contributed by atoms with Crippen LogP contribution < -0.4 is 0 Å². The van der Waals surface area contributed by atoms with E-state index in [1.54, 1.807) is 12.1 Å². The molecule has 0 aliphatic heterocycles. The zero-order chi connectivity index (χ0) is 15.0. The zero-order valence-electron chi connectivity index (χ0n) is 11.0. The molecule has 3 aromatic rings. The van der Waals surface area contributed by atoms with Gasteiger partial charge in [-0.25, -0.2) is 4.98 Å². The second-order valence-corrected chi connectivity index (χ2v) is 6.48. The van der Waals surface area contributed by atoms with Gasteiger partial charge in [0.15, 0.2) is 5.16 Å². The Kier molecular flexibility index (Phi) is 3.69. The smallest absolute Gasteiger partial charge is 0.284 e. The molecule has 0 amide bonds. The molecule has 0 spiro atoms. The van der Waals surface area contributed by atoms with Crippen LogP contribution >= 0.6 is 27.7 Å². The molecular weight excluding hydrogens is 354 g/mol. The van der Waals surface area contributed by atoms with Crippen LogP contribution in [0.5, 0.6) is 0 Å². The topological polar surface area (TPSA) is 71.8 Å². The lowest BCUT2D eigenvalue weighted by Gasteiger charge is -2.00. The van der Waals surface area contributed by atoms with Crippen LogP contribution in [0.4, 0.5) is 5.69 Å². The van der Waals surface area contributed by atoms with Crippen LogP contribution in [-0.4, -0.2) is 14.9 Å². The minimum atomic E-state index is -0.389. The van der Waals surface area contributed by atoms with Gasteiger partial charge >= 0.3 is 0 Å². The third kappa shape index (κ3) is 2.93. The number of hydrogen-bond acceptors (Lipinski definition) is 4. The summed E-state index contributed by atoms with van der Waals surface area (Å²) in [6.45, 7) is 2.01. The summed E-state index contributed by atoms with van der Waals surface area (Å²) in [5, 5.41) is 11.8. The van der Waals surface area contributed by atoms with Crippen LogP contribution in [0.1, 0.15) is 5.56 Å². The molecule has 0 aliphatic carbocycles. The molecule has 0 radical (unpaired) electrons. The Bertz CT molecular complexity index is 847. The molecule has 1 N–H and O–H groups in total. The highest BCUT2D eigenvalue weighted by atomic mass is 79.9. The normalized spacial score (nSPS) is 11.0. The maximum atomic E-state index is 11.1. The lowest BCUT2D eigenvalue weighted by molar-refractivity contribution is -0.387. The van der Waals surface area contributed by atoms with E-state index < -0.39 is 0 Å². The monoisotopic (exact) mass is 363 g/mol. The summed E-state index contributed by atoms with van der Waals surface area (Å²) in [6.07, 6.45) is 0. The highest BCUT2D eigenvalue weighted by molar-refractivity contribution is 9.10. The number of halogens is 1. The minimum Gasteiger partial charge on any atom is -0.333 e. The molecule has 106 valence electrons. The summed E-state index contributed by atoms with van der Waals surface area (Å²) < 4.78 is 0.679. The van der Waals surface area contributed by atoms with Crippen molar-refractivity contribution in [3.05, 3.63) is 56.5 Å². The predicted molar refractivity (Wildman–Crippen MR) is 85.8 cm³/mol. The zero-order valence-corrected chi connectivity index (χ0v) is 13.4. The number of benzene rings is 2. The number of H-pyrrole nitrogens is 1. The van der Waals surface area contributed by atoms with Gasteiger partial charge in [0.2, 0.25) is 0 Å². The molecule has 3 rings (SSSR count). The van der Waals surface area contributed by atoms with Crippen molar-refractivity contribution in [1.82, 2.24) is 9.97 Å². The second kappa shape index (κ2) is 5.50. The number of hydrogen-bond donors (Lipinski definition) is 1. The van der Waals surface area contributed by atoms with Crippen LogP contribution in [0.3, 0.4) is 0 Å². The van der Waals surface area contributed by atoms with Crippen molar-refractivity contribution in [3.63, 3.8) is 0 Å². The van der Waals surface area contributed by atoms with Gasteiger partial charge in [-0.1, -0.05) is 22.0 Å². The van der Waals surface area contributed by atoms with Crippen LogP contribution in [-0.2, 0) is 0 Å². The lowest BCUT2D eigenvalue weighted by atomic mass is 10.2. The van der Waals surface area contributed by atoms with Gasteiger partial charge in [0.1, 0.15) is 0 Å². The maximum Gasteiger partial charge on any atom is 0.284 e. The summed E-state index contributed by atoms with van der Waals surface area (Å²) in [5.74, 6) is 0. The summed E-state index contributed by atoms with van der Waals surface area (Å²) in [5.41, 5.74) is 2.98. The fourth-order valence-corrected chi connectivity index (χ4v) is 3.21. The molecule has 0 unspecified atom stereocenters. The Balaban J connectivity index is 2.00. The molecule has 1 aromatic heterocycles. The standard InChI is InChI=1S/C14H10BrN3O2S/c1-8-2-4-10-11(6-8)17-14(16-10)21-13-5-3-9(15)7-12(13)18(19)20/h2-7H,1H3,(H,16,17). The number of imidazole rings is 1. The van der Waals surface area contributed by atoms with E-state index in [0.29, 0.717) is 14.5 Å². The van der Waals surface area contributed by atoms with E-state index in [2.05, 4.69) is 25.9 Å². The van der Waals surface area contributed by atoms with Gasteiger partial charge in [-0.3, -0.25) is 10.1 Å². The van der Waals surface area contributed by atoms with Crippen LogP contribution in [0.2, 0.25) is 0 Å². The molecule has 0 atom stereocenters. The highest BCUT2D eigenvalue weighted by Crippen LogP contribution is 2.35. The Labute approximate surface area is 133 Å². The SMILES string of the molecule is Cc1ccc2nc(Sc3ccc(Br)cc3[N+](=O)[O-])[nH]c2c1. The van der Waals surface area contributed by atoms with Gasteiger partial charge in [-0.05, 0) is 48.5 Å². The quantitative estimate of drug-likeness (QED) is 0.540. The summed E-state index contributed by atoms with van der Waals surface area (Å²) in [7, 11) is 0. The van der Waals surface area contributed by atoms with Gasteiger partial charge in [-0.15, -0.1) is 0 Å². The van der Waals surface area contributed by atoms with Crippen molar-refractivity contribution >= 4 is 44.4 Å². The molecule has 7 heteroatoms. The van der Waals surface area contributed by atoms with Gasteiger partial charge < -0.3 is 4.98 Å². The van der Waals surface area contributed by atoms with E-state index in [9.17, 15) is 10.1 Å². The van der Waals surface area contributed by atoms with Gasteiger partial charge in [0.05, 0.1) is 20.9 Å². The number of aromatic nitrogens is 2. The Morgan fingerprint density at radius 1 is 1.29 bits per heavy atom.